The Balaban J connectivity index is 1.48. The van der Waals surface area contributed by atoms with E-state index in [2.05, 4.69) is 66.0 Å². The van der Waals surface area contributed by atoms with Gasteiger partial charge in [0.15, 0.2) is 0 Å². The minimum atomic E-state index is 0.961. The molecule has 2 aromatic rings. The molecule has 0 spiro atoms. The summed E-state index contributed by atoms with van der Waals surface area (Å²) >= 11 is 0. The molecule has 0 amide bonds. The van der Waals surface area contributed by atoms with E-state index < -0.39 is 0 Å². The SMILES string of the molecule is C1=C(CCNCc2ccc(-c3ccccc3)cc2)CCC1. The Bertz CT molecular complexity index is 581. The van der Waals surface area contributed by atoms with E-state index >= 15 is 0 Å². The number of hydrogen-bond acceptors (Lipinski definition) is 1. The Labute approximate surface area is 127 Å². The van der Waals surface area contributed by atoms with Crippen molar-refractivity contribution in [1.82, 2.24) is 5.32 Å². The number of hydrogen-bond donors (Lipinski definition) is 1. The Morgan fingerprint density at radius 3 is 2.33 bits per heavy atom. The van der Waals surface area contributed by atoms with Gasteiger partial charge in [0, 0.05) is 6.54 Å². The van der Waals surface area contributed by atoms with Gasteiger partial charge in [-0.3, -0.25) is 0 Å². The molecule has 1 nitrogen and oxygen atoms in total. The fourth-order valence-electron chi connectivity index (χ4n) is 2.89. The molecule has 0 radical (unpaired) electrons. The molecule has 0 aromatic heterocycles. The second-order valence-corrected chi connectivity index (χ2v) is 5.74. The summed E-state index contributed by atoms with van der Waals surface area (Å²) in [4.78, 5) is 0. The smallest absolute Gasteiger partial charge is 0.0205 e. The zero-order valence-corrected chi connectivity index (χ0v) is 12.5. The van der Waals surface area contributed by atoms with Gasteiger partial charge < -0.3 is 5.32 Å². The third-order valence-electron chi connectivity index (χ3n) is 4.15. The molecule has 1 heteroatoms. The predicted octanol–water partition coefficient (Wildman–Crippen LogP) is 4.94. The maximum absolute atomic E-state index is 3.55. The molecule has 0 saturated heterocycles. The Morgan fingerprint density at radius 2 is 1.62 bits per heavy atom. The average Bonchev–Trinajstić information content (AvgIpc) is 3.06. The first-order valence-electron chi connectivity index (χ1n) is 7.95. The second-order valence-electron chi connectivity index (χ2n) is 5.74. The lowest BCUT2D eigenvalue weighted by Crippen LogP contribution is -2.14. The molecule has 0 bridgehead atoms. The van der Waals surface area contributed by atoms with Crippen LogP contribution in [0.3, 0.4) is 0 Å². The Hall–Kier alpha value is -1.86. The van der Waals surface area contributed by atoms with Crippen LogP contribution in [0.1, 0.15) is 31.2 Å². The van der Waals surface area contributed by atoms with Gasteiger partial charge in [-0.15, -0.1) is 0 Å². The molecule has 3 rings (SSSR count). The normalized spacial score (nSPS) is 14.2. The van der Waals surface area contributed by atoms with Crippen LogP contribution < -0.4 is 5.32 Å². The van der Waals surface area contributed by atoms with Gasteiger partial charge >= 0.3 is 0 Å². The molecule has 0 atom stereocenters. The highest BCUT2D eigenvalue weighted by Gasteiger charge is 2.03. The van der Waals surface area contributed by atoms with E-state index in [0.717, 1.165) is 13.1 Å². The number of nitrogens with one attached hydrogen (secondary N) is 1. The number of allylic oxidation sites excluding steroid dienone is 1. The summed E-state index contributed by atoms with van der Waals surface area (Å²) in [5.41, 5.74) is 5.57. The Kier molecular flexibility index (Phi) is 4.86. The molecule has 0 heterocycles. The van der Waals surface area contributed by atoms with E-state index in [1.165, 1.54) is 42.4 Å². The van der Waals surface area contributed by atoms with Crippen LogP contribution in [0.25, 0.3) is 11.1 Å². The van der Waals surface area contributed by atoms with Crippen LogP contribution in [-0.2, 0) is 6.54 Å². The number of rotatable bonds is 6. The largest absolute Gasteiger partial charge is 0.312 e. The molecule has 108 valence electrons. The van der Waals surface area contributed by atoms with Crippen molar-refractivity contribution in [3.05, 3.63) is 71.8 Å². The fourth-order valence-corrected chi connectivity index (χ4v) is 2.89. The van der Waals surface area contributed by atoms with Crippen LogP contribution in [0.2, 0.25) is 0 Å². The molecule has 2 aromatic carbocycles. The van der Waals surface area contributed by atoms with Crippen molar-refractivity contribution in [1.29, 1.82) is 0 Å². The fraction of sp³-hybridized carbons (Fsp3) is 0.300. The van der Waals surface area contributed by atoms with Gasteiger partial charge in [0.1, 0.15) is 0 Å². The van der Waals surface area contributed by atoms with Crippen molar-refractivity contribution in [3.8, 4) is 11.1 Å². The molecule has 0 saturated carbocycles. The van der Waals surface area contributed by atoms with E-state index in [4.69, 9.17) is 0 Å². The molecule has 0 unspecified atom stereocenters. The van der Waals surface area contributed by atoms with Crippen molar-refractivity contribution in [2.45, 2.75) is 32.2 Å². The molecule has 21 heavy (non-hydrogen) atoms. The van der Waals surface area contributed by atoms with Crippen molar-refractivity contribution >= 4 is 0 Å². The van der Waals surface area contributed by atoms with Crippen LogP contribution in [0.5, 0.6) is 0 Å². The second kappa shape index (κ2) is 7.24. The topological polar surface area (TPSA) is 12.0 Å². The van der Waals surface area contributed by atoms with Gasteiger partial charge in [-0.25, -0.2) is 0 Å². The van der Waals surface area contributed by atoms with Gasteiger partial charge in [0.05, 0.1) is 0 Å². The quantitative estimate of drug-likeness (QED) is 0.582. The van der Waals surface area contributed by atoms with Crippen LogP contribution in [0.4, 0.5) is 0 Å². The van der Waals surface area contributed by atoms with Crippen LogP contribution in [-0.4, -0.2) is 6.54 Å². The molecular formula is C20H23N. The molecule has 0 fully saturated rings. The highest BCUT2D eigenvalue weighted by Crippen LogP contribution is 2.20. The third-order valence-corrected chi connectivity index (χ3v) is 4.15. The number of benzene rings is 2. The summed E-state index contributed by atoms with van der Waals surface area (Å²) in [6, 6.07) is 19.4. The van der Waals surface area contributed by atoms with E-state index in [-0.39, 0.29) is 0 Å². The summed E-state index contributed by atoms with van der Waals surface area (Å²) < 4.78 is 0. The van der Waals surface area contributed by atoms with Gasteiger partial charge in [0.25, 0.3) is 0 Å². The first-order chi connectivity index (χ1) is 10.4. The van der Waals surface area contributed by atoms with Crippen molar-refractivity contribution in [3.63, 3.8) is 0 Å². The molecule has 1 aliphatic rings. The van der Waals surface area contributed by atoms with Gasteiger partial charge in [-0.2, -0.15) is 0 Å². The predicted molar refractivity (Wildman–Crippen MR) is 90.1 cm³/mol. The maximum Gasteiger partial charge on any atom is 0.0205 e. The van der Waals surface area contributed by atoms with Crippen LogP contribution in [0.15, 0.2) is 66.2 Å². The van der Waals surface area contributed by atoms with Crippen molar-refractivity contribution in [2.75, 3.05) is 6.54 Å². The zero-order chi connectivity index (χ0) is 14.3. The summed E-state index contributed by atoms with van der Waals surface area (Å²) in [6.45, 7) is 2.05. The third kappa shape index (κ3) is 4.05. The van der Waals surface area contributed by atoms with Crippen LogP contribution in [0, 0.1) is 0 Å². The minimum Gasteiger partial charge on any atom is -0.312 e. The monoisotopic (exact) mass is 277 g/mol. The highest BCUT2D eigenvalue weighted by molar-refractivity contribution is 5.63. The first-order valence-corrected chi connectivity index (χ1v) is 7.95. The maximum atomic E-state index is 3.55. The van der Waals surface area contributed by atoms with Crippen molar-refractivity contribution < 1.29 is 0 Å². The summed E-state index contributed by atoms with van der Waals surface area (Å²) in [5.74, 6) is 0. The molecule has 0 aliphatic heterocycles. The molecular weight excluding hydrogens is 254 g/mol. The highest BCUT2D eigenvalue weighted by atomic mass is 14.8. The van der Waals surface area contributed by atoms with Crippen molar-refractivity contribution in [2.24, 2.45) is 0 Å². The lowest BCUT2D eigenvalue weighted by molar-refractivity contribution is 0.676. The van der Waals surface area contributed by atoms with Crippen LogP contribution >= 0.6 is 0 Å². The van der Waals surface area contributed by atoms with Gasteiger partial charge in [-0.05, 0) is 48.9 Å². The lowest BCUT2D eigenvalue weighted by Gasteiger charge is -2.07. The summed E-state index contributed by atoms with van der Waals surface area (Å²) in [5, 5.41) is 3.55. The average molecular weight is 277 g/mol. The molecule has 1 N–H and O–H groups in total. The summed E-state index contributed by atoms with van der Waals surface area (Å²) in [6.07, 6.45) is 7.58. The standard InChI is InChI=1S/C20H23N/c1-2-8-19(9-3-1)20-12-10-18(11-13-20)16-21-15-14-17-6-4-5-7-17/h1-3,6,8-13,21H,4-5,7,14-16H2. The van der Waals surface area contributed by atoms with E-state index in [9.17, 15) is 0 Å². The Morgan fingerprint density at radius 1 is 0.857 bits per heavy atom. The summed E-state index contributed by atoms with van der Waals surface area (Å²) in [7, 11) is 0. The van der Waals surface area contributed by atoms with E-state index in [1.807, 2.05) is 0 Å². The van der Waals surface area contributed by atoms with E-state index in [1.54, 1.807) is 5.57 Å². The van der Waals surface area contributed by atoms with Gasteiger partial charge in [0.2, 0.25) is 0 Å². The zero-order valence-electron chi connectivity index (χ0n) is 12.5. The lowest BCUT2D eigenvalue weighted by atomic mass is 10.0. The first kappa shape index (κ1) is 14.1. The molecule has 1 aliphatic carbocycles. The van der Waals surface area contributed by atoms with Gasteiger partial charge in [-0.1, -0.05) is 66.2 Å². The minimum absolute atomic E-state index is 0.961. The van der Waals surface area contributed by atoms with E-state index in [0.29, 0.717) is 0 Å².